The summed E-state index contributed by atoms with van der Waals surface area (Å²) in [5.74, 6) is 1.48. The second-order valence-electron chi connectivity index (χ2n) is 5.07. The number of ether oxygens (including phenoxy) is 1. The summed E-state index contributed by atoms with van der Waals surface area (Å²) in [5.41, 5.74) is 3.36. The maximum absolute atomic E-state index is 11.7. The van der Waals surface area contributed by atoms with Crippen molar-refractivity contribution >= 4 is 16.9 Å². The van der Waals surface area contributed by atoms with E-state index in [4.69, 9.17) is 9.15 Å². The van der Waals surface area contributed by atoms with E-state index in [0.717, 1.165) is 34.4 Å². The smallest absolute Gasteiger partial charge is 0.233 e. The number of nitrogens with zero attached hydrogens (tertiary/aromatic N) is 1. The zero-order valence-corrected chi connectivity index (χ0v) is 11.3. The average Bonchev–Trinajstić information content (AvgIpc) is 3.09. The highest BCUT2D eigenvalue weighted by Crippen LogP contribution is 2.31. The van der Waals surface area contributed by atoms with Crippen LogP contribution in [0, 0.1) is 0 Å². The quantitative estimate of drug-likeness (QED) is 0.736. The highest BCUT2D eigenvalue weighted by Gasteiger charge is 2.22. The van der Waals surface area contributed by atoms with E-state index in [1.807, 2.05) is 42.5 Å². The SMILES string of the molecule is O=C1CCc2c(OCc3nc4ccccc4o3)cccc21. The summed E-state index contributed by atoms with van der Waals surface area (Å²) in [6, 6.07) is 13.2. The van der Waals surface area contributed by atoms with Crippen molar-refractivity contribution in [1.82, 2.24) is 4.98 Å². The number of benzene rings is 2. The molecule has 0 unspecified atom stereocenters. The predicted octanol–water partition coefficient (Wildman–Crippen LogP) is 3.54. The maximum Gasteiger partial charge on any atom is 0.233 e. The molecule has 4 nitrogen and oxygen atoms in total. The van der Waals surface area contributed by atoms with Crippen molar-refractivity contribution in [2.24, 2.45) is 0 Å². The number of ketones is 1. The van der Waals surface area contributed by atoms with Crippen LogP contribution < -0.4 is 4.74 Å². The van der Waals surface area contributed by atoms with E-state index in [0.29, 0.717) is 12.3 Å². The lowest BCUT2D eigenvalue weighted by atomic mass is 10.1. The van der Waals surface area contributed by atoms with Crippen LogP contribution in [0.15, 0.2) is 46.9 Å². The first-order chi connectivity index (χ1) is 10.3. The molecule has 0 atom stereocenters. The number of aromatic nitrogens is 1. The van der Waals surface area contributed by atoms with Gasteiger partial charge in [0, 0.05) is 17.5 Å². The van der Waals surface area contributed by atoms with E-state index < -0.39 is 0 Å². The lowest BCUT2D eigenvalue weighted by molar-refractivity contribution is 0.0994. The molecule has 0 bridgehead atoms. The maximum atomic E-state index is 11.7. The third-order valence-corrected chi connectivity index (χ3v) is 3.72. The van der Waals surface area contributed by atoms with Gasteiger partial charge >= 0.3 is 0 Å². The average molecular weight is 279 g/mol. The lowest BCUT2D eigenvalue weighted by Crippen LogP contribution is -1.99. The van der Waals surface area contributed by atoms with Gasteiger partial charge in [0.05, 0.1) is 0 Å². The van der Waals surface area contributed by atoms with E-state index in [1.165, 1.54) is 0 Å². The van der Waals surface area contributed by atoms with E-state index >= 15 is 0 Å². The molecule has 0 fully saturated rings. The number of carbonyl (C=O) groups is 1. The van der Waals surface area contributed by atoms with E-state index in [2.05, 4.69) is 4.98 Å². The van der Waals surface area contributed by atoms with E-state index in [-0.39, 0.29) is 12.4 Å². The number of fused-ring (bicyclic) bond motifs is 2. The second kappa shape index (κ2) is 4.74. The summed E-state index contributed by atoms with van der Waals surface area (Å²) in [6.07, 6.45) is 1.32. The van der Waals surface area contributed by atoms with Gasteiger partial charge in [-0.2, -0.15) is 0 Å². The van der Waals surface area contributed by atoms with Crippen molar-refractivity contribution in [2.75, 3.05) is 0 Å². The van der Waals surface area contributed by atoms with Gasteiger partial charge in [0.1, 0.15) is 11.3 Å². The summed E-state index contributed by atoms with van der Waals surface area (Å²) in [7, 11) is 0. The van der Waals surface area contributed by atoms with Gasteiger partial charge in [0.25, 0.3) is 0 Å². The number of para-hydroxylation sites is 2. The Kier molecular flexibility index (Phi) is 2.74. The van der Waals surface area contributed by atoms with Crippen molar-refractivity contribution in [2.45, 2.75) is 19.4 Å². The largest absolute Gasteiger partial charge is 0.484 e. The molecule has 21 heavy (non-hydrogen) atoms. The fourth-order valence-electron chi connectivity index (χ4n) is 2.71. The molecule has 1 aliphatic carbocycles. The van der Waals surface area contributed by atoms with Crippen LogP contribution in [0.3, 0.4) is 0 Å². The molecule has 3 aromatic rings. The number of hydrogen-bond acceptors (Lipinski definition) is 4. The third kappa shape index (κ3) is 2.09. The van der Waals surface area contributed by atoms with Gasteiger partial charge in [-0.3, -0.25) is 4.79 Å². The molecule has 1 aromatic heterocycles. The van der Waals surface area contributed by atoms with Gasteiger partial charge in [-0.15, -0.1) is 0 Å². The van der Waals surface area contributed by atoms with Crippen molar-refractivity contribution in [3.8, 4) is 5.75 Å². The molecule has 0 N–H and O–H groups in total. The van der Waals surface area contributed by atoms with Gasteiger partial charge in [0.2, 0.25) is 5.89 Å². The minimum atomic E-state index is 0.192. The number of carbonyl (C=O) groups excluding carboxylic acids is 1. The Bertz CT molecular complexity index is 802. The van der Waals surface area contributed by atoms with E-state index in [9.17, 15) is 4.79 Å². The minimum Gasteiger partial charge on any atom is -0.484 e. The molecule has 0 spiro atoms. The molecule has 0 aliphatic heterocycles. The van der Waals surface area contributed by atoms with E-state index in [1.54, 1.807) is 0 Å². The Labute approximate surface area is 121 Å². The standard InChI is InChI=1S/C17H13NO3/c19-14-9-8-12-11(14)4-3-7-15(12)20-10-17-18-13-5-1-2-6-16(13)21-17/h1-7H,8-10H2. The molecule has 0 amide bonds. The molecule has 4 heteroatoms. The van der Waals surface area contributed by atoms with Crippen molar-refractivity contribution in [1.29, 1.82) is 0 Å². The number of rotatable bonds is 3. The number of oxazole rings is 1. The summed E-state index contributed by atoms with van der Waals surface area (Å²) >= 11 is 0. The summed E-state index contributed by atoms with van der Waals surface area (Å²) in [4.78, 5) is 16.1. The molecule has 0 radical (unpaired) electrons. The second-order valence-corrected chi connectivity index (χ2v) is 5.07. The molecule has 104 valence electrons. The highest BCUT2D eigenvalue weighted by atomic mass is 16.5. The van der Waals surface area contributed by atoms with Gasteiger partial charge in [-0.1, -0.05) is 24.3 Å². The van der Waals surface area contributed by atoms with Crippen molar-refractivity contribution in [3.05, 3.63) is 59.5 Å². The van der Waals surface area contributed by atoms with Gasteiger partial charge in [-0.05, 0) is 24.6 Å². The first-order valence-corrected chi connectivity index (χ1v) is 6.93. The Hall–Kier alpha value is -2.62. The Balaban J connectivity index is 1.59. The molecular formula is C17H13NO3. The number of Topliss-reactive ketones (excluding diaryl/α,β-unsaturated/α-hetero) is 1. The van der Waals surface area contributed by atoms with Gasteiger partial charge in [0.15, 0.2) is 18.0 Å². The number of hydrogen-bond donors (Lipinski definition) is 0. The monoisotopic (exact) mass is 279 g/mol. The van der Waals surface area contributed by atoms with Gasteiger partial charge < -0.3 is 9.15 Å². The van der Waals surface area contributed by atoms with Crippen molar-refractivity contribution in [3.63, 3.8) is 0 Å². The Morgan fingerprint density at radius 2 is 2.00 bits per heavy atom. The lowest BCUT2D eigenvalue weighted by Gasteiger charge is -2.08. The Morgan fingerprint density at radius 1 is 1.10 bits per heavy atom. The summed E-state index contributed by atoms with van der Waals surface area (Å²) in [5, 5.41) is 0. The zero-order valence-electron chi connectivity index (χ0n) is 11.3. The molecule has 1 aliphatic rings. The van der Waals surface area contributed by atoms with Crippen LogP contribution in [0.25, 0.3) is 11.1 Å². The van der Waals surface area contributed by atoms with Crippen LogP contribution in [0.5, 0.6) is 5.75 Å². The van der Waals surface area contributed by atoms with Crippen LogP contribution in [-0.2, 0) is 13.0 Å². The molecule has 0 saturated carbocycles. The fraction of sp³-hybridized carbons (Fsp3) is 0.176. The fourth-order valence-corrected chi connectivity index (χ4v) is 2.71. The van der Waals surface area contributed by atoms with Crippen LogP contribution in [0.4, 0.5) is 0 Å². The van der Waals surface area contributed by atoms with Crippen LogP contribution in [0.2, 0.25) is 0 Å². The van der Waals surface area contributed by atoms with Crippen LogP contribution >= 0.6 is 0 Å². The predicted molar refractivity (Wildman–Crippen MR) is 77.4 cm³/mol. The molecule has 0 saturated heterocycles. The normalized spacial score (nSPS) is 13.6. The first-order valence-electron chi connectivity index (χ1n) is 6.93. The molecule has 2 aromatic carbocycles. The molecular weight excluding hydrogens is 266 g/mol. The topological polar surface area (TPSA) is 52.3 Å². The molecule has 1 heterocycles. The molecule has 4 rings (SSSR count). The van der Waals surface area contributed by atoms with Gasteiger partial charge in [-0.25, -0.2) is 4.98 Å². The third-order valence-electron chi connectivity index (χ3n) is 3.72. The Morgan fingerprint density at radius 3 is 2.90 bits per heavy atom. The van der Waals surface area contributed by atoms with Crippen molar-refractivity contribution < 1.29 is 13.9 Å². The minimum absolute atomic E-state index is 0.192. The summed E-state index contributed by atoms with van der Waals surface area (Å²) in [6.45, 7) is 0.263. The van der Waals surface area contributed by atoms with Crippen LogP contribution in [0.1, 0.15) is 28.2 Å². The zero-order chi connectivity index (χ0) is 14.2. The van der Waals surface area contributed by atoms with Crippen LogP contribution in [-0.4, -0.2) is 10.8 Å². The first kappa shape index (κ1) is 12.1. The highest BCUT2D eigenvalue weighted by molar-refractivity contribution is 6.01. The summed E-state index contributed by atoms with van der Waals surface area (Å²) < 4.78 is 11.4.